The topological polar surface area (TPSA) is 113 Å². The van der Waals surface area contributed by atoms with Crippen LogP contribution in [-0.4, -0.2) is 34.7 Å². The van der Waals surface area contributed by atoms with Crippen LogP contribution in [0.25, 0.3) is 0 Å². The lowest BCUT2D eigenvalue weighted by atomic mass is 10.0. The highest BCUT2D eigenvalue weighted by atomic mass is 16.4. The fourth-order valence-electron chi connectivity index (χ4n) is 2.52. The van der Waals surface area contributed by atoms with Gasteiger partial charge in [-0.15, -0.1) is 0 Å². The van der Waals surface area contributed by atoms with Crippen molar-refractivity contribution in [2.75, 3.05) is 11.9 Å². The number of hydrogen-bond donors (Lipinski definition) is 4. The molecule has 1 atom stereocenters. The van der Waals surface area contributed by atoms with E-state index in [1.54, 1.807) is 6.07 Å². The van der Waals surface area contributed by atoms with Gasteiger partial charge in [-0.25, -0.2) is 9.59 Å². The first-order valence-corrected chi connectivity index (χ1v) is 7.62. The molecule has 2 rings (SSSR count). The van der Waals surface area contributed by atoms with Crippen LogP contribution >= 0.6 is 0 Å². The molecule has 0 aliphatic carbocycles. The van der Waals surface area contributed by atoms with Gasteiger partial charge in [-0.3, -0.25) is 0 Å². The maximum atomic E-state index is 11.4. The number of nitrogens with one attached hydrogen (secondary N) is 1. The minimum Gasteiger partial charge on any atom is -0.478 e. The average Bonchev–Trinajstić information content (AvgIpc) is 2.55. The summed E-state index contributed by atoms with van der Waals surface area (Å²) in [6.45, 7) is 0.456. The number of rotatable bonds is 8. The van der Waals surface area contributed by atoms with E-state index in [1.165, 1.54) is 12.1 Å². The zero-order valence-corrected chi connectivity index (χ0v) is 13.1. The van der Waals surface area contributed by atoms with Gasteiger partial charge in [0.05, 0.1) is 11.1 Å². The first-order chi connectivity index (χ1) is 11.5. The van der Waals surface area contributed by atoms with Crippen molar-refractivity contribution in [3.05, 3.63) is 65.2 Å². The normalized spacial score (nSPS) is 11.7. The predicted molar refractivity (Wildman–Crippen MR) is 91.6 cm³/mol. The molecule has 0 fully saturated rings. The zero-order chi connectivity index (χ0) is 17.5. The van der Waals surface area contributed by atoms with Gasteiger partial charge in [-0.1, -0.05) is 36.4 Å². The average molecular weight is 328 g/mol. The molecule has 6 nitrogen and oxygen atoms in total. The number of nitrogens with two attached hydrogens (primary N) is 1. The summed E-state index contributed by atoms with van der Waals surface area (Å²) in [5, 5.41) is 21.4. The van der Waals surface area contributed by atoms with Crippen molar-refractivity contribution in [2.24, 2.45) is 5.73 Å². The second kappa shape index (κ2) is 8.12. The van der Waals surface area contributed by atoms with Crippen LogP contribution in [-0.2, 0) is 6.42 Å². The molecule has 0 radical (unpaired) electrons. The number of anilines is 1. The smallest absolute Gasteiger partial charge is 0.338 e. The van der Waals surface area contributed by atoms with Gasteiger partial charge in [0.25, 0.3) is 0 Å². The number of aromatic carboxylic acids is 2. The Morgan fingerprint density at radius 1 is 1.00 bits per heavy atom. The van der Waals surface area contributed by atoms with Crippen molar-refractivity contribution in [3.8, 4) is 0 Å². The van der Waals surface area contributed by atoms with Crippen molar-refractivity contribution < 1.29 is 19.8 Å². The molecule has 0 aromatic heterocycles. The van der Waals surface area contributed by atoms with Crippen molar-refractivity contribution >= 4 is 17.6 Å². The molecular weight excluding hydrogens is 308 g/mol. The standard InChI is InChI=1S/C18H20N2O4/c19-13(11-12-5-2-1-3-6-12)9-10-20-15-8-4-7-14(17(21)22)16(15)18(23)24/h1-8,13,20H,9-11,19H2,(H,21,22)(H,23,24). The molecule has 0 aliphatic heterocycles. The lowest BCUT2D eigenvalue weighted by Gasteiger charge is -2.15. The van der Waals surface area contributed by atoms with Crippen molar-refractivity contribution in [3.63, 3.8) is 0 Å². The van der Waals surface area contributed by atoms with Crippen LogP contribution < -0.4 is 11.1 Å². The van der Waals surface area contributed by atoms with Crippen LogP contribution in [0.2, 0.25) is 0 Å². The van der Waals surface area contributed by atoms with Gasteiger partial charge in [-0.05, 0) is 30.5 Å². The molecular formula is C18H20N2O4. The summed E-state index contributed by atoms with van der Waals surface area (Å²) in [7, 11) is 0. The molecule has 1 unspecified atom stereocenters. The molecule has 6 heteroatoms. The monoisotopic (exact) mass is 328 g/mol. The summed E-state index contributed by atoms with van der Waals surface area (Å²) in [6.07, 6.45) is 1.36. The van der Waals surface area contributed by atoms with Crippen LogP contribution in [0.1, 0.15) is 32.7 Å². The molecule has 0 saturated carbocycles. The minimum atomic E-state index is -1.27. The molecule has 2 aromatic rings. The Balaban J connectivity index is 1.98. The van der Waals surface area contributed by atoms with E-state index in [2.05, 4.69) is 5.32 Å². The summed E-state index contributed by atoms with van der Waals surface area (Å²) < 4.78 is 0. The van der Waals surface area contributed by atoms with E-state index in [1.807, 2.05) is 30.3 Å². The number of carboxylic acid groups (broad SMARTS) is 2. The number of carboxylic acids is 2. The van der Waals surface area contributed by atoms with E-state index >= 15 is 0 Å². The molecule has 126 valence electrons. The third kappa shape index (κ3) is 4.57. The van der Waals surface area contributed by atoms with Crippen LogP contribution in [0.3, 0.4) is 0 Å². The van der Waals surface area contributed by atoms with Crippen LogP contribution in [0.5, 0.6) is 0 Å². The van der Waals surface area contributed by atoms with E-state index in [0.717, 1.165) is 12.0 Å². The highest BCUT2D eigenvalue weighted by molar-refractivity contribution is 6.05. The van der Waals surface area contributed by atoms with Gasteiger partial charge in [0.2, 0.25) is 0 Å². The maximum absolute atomic E-state index is 11.4. The minimum absolute atomic E-state index is 0.0733. The largest absolute Gasteiger partial charge is 0.478 e. The maximum Gasteiger partial charge on any atom is 0.338 e. The number of carbonyl (C=O) groups is 2. The molecule has 0 bridgehead atoms. The molecule has 0 spiro atoms. The fraction of sp³-hybridized carbons (Fsp3) is 0.222. The molecule has 0 aliphatic rings. The second-order valence-corrected chi connectivity index (χ2v) is 5.50. The van der Waals surface area contributed by atoms with Crippen LogP contribution in [0, 0.1) is 0 Å². The molecule has 0 saturated heterocycles. The Labute approximate surface area is 139 Å². The third-order valence-electron chi connectivity index (χ3n) is 3.68. The Morgan fingerprint density at radius 3 is 2.33 bits per heavy atom. The predicted octanol–water partition coefficient (Wildman–Crippen LogP) is 2.46. The summed E-state index contributed by atoms with van der Waals surface area (Å²) in [6, 6.07) is 14.1. The first-order valence-electron chi connectivity index (χ1n) is 7.62. The SMILES string of the molecule is NC(CCNc1cccc(C(=O)O)c1C(=O)O)Cc1ccccc1. The van der Waals surface area contributed by atoms with Gasteiger partial charge in [0.1, 0.15) is 0 Å². The highest BCUT2D eigenvalue weighted by Gasteiger charge is 2.19. The highest BCUT2D eigenvalue weighted by Crippen LogP contribution is 2.20. The number of hydrogen-bond acceptors (Lipinski definition) is 4. The lowest BCUT2D eigenvalue weighted by molar-refractivity contribution is 0.0652. The van der Waals surface area contributed by atoms with Gasteiger partial charge in [0.15, 0.2) is 0 Å². The van der Waals surface area contributed by atoms with Crippen molar-refractivity contribution in [1.29, 1.82) is 0 Å². The summed E-state index contributed by atoms with van der Waals surface area (Å²) in [5.74, 6) is -2.54. The molecule has 24 heavy (non-hydrogen) atoms. The molecule has 0 amide bonds. The van der Waals surface area contributed by atoms with E-state index in [4.69, 9.17) is 10.8 Å². The van der Waals surface area contributed by atoms with E-state index < -0.39 is 11.9 Å². The third-order valence-corrected chi connectivity index (χ3v) is 3.68. The summed E-state index contributed by atoms with van der Waals surface area (Å²) >= 11 is 0. The van der Waals surface area contributed by atoms with E-state index in [-0.39, 0.29) is 22.9 Å². The first kappa shape index (κ1) is 17.5. The quantitative estimate of drug-likeness (QED) is 0.592. The molecule has 5 N–H and O–H groups in total. The van der Waals surface area contributed by atoms with E-state index in [0.29, 0.717) is 13.0 Å². The van der Waals surface area contributed by atoms with E-state index in [9.17, 15) is 14.7 Å². The van der Waals surface area contributed by atoms with Crippen molar-refractivity contribution in [2.45, 2.75) is 18.9 Å². The van der Waals surface area contributed by atoms with Gasteiger partial charge < -0.3 is 21.3 Å². The Morgan fingerprint density at radius 2 is 1.71 bits per heavy atom. The lowest BCUT2D eigenvalue weighted by Crippen LogP contribution is -2.26. The summed E-state index contributed by atoms with van der Waals surface area (Å²) in [5.41, 5.74) is 7.05. The Hall–Kier alpha value is -2.86. The Kier molecular flexibility index (Phi) is 5.92. The van der Waals surface area contributed by atoms with Gasteiger partial charge >= 0.3 is 11.9 Å². The van der Waals surface area contributed by atoms with Crippen LogP contribution in [0.15, 0.2) is 48.5 Å². The molecule has 0 heterocycles. The number of benzene rings is 2. The summed E-state index contributed by atoms with van der Waals surface area (Å²) in [4.78, 5) is 22.5. The van der Waals surface area contributed by atoms with Gasteiger partial charge in [0, 0.05) is 18.3 Å². The van der Waals surface area contributed by atoms with Crippen molar-refractivity contribution in [1.82, 2.24) is 0 Å². The zero-order valence-electron chi connectivity index (χ0n) is 13.1. The second-order valence-electron chi connectivity index (χ2n) is 5.50. The Bertz CT molecular complexity index is 716. The van der Waals surface area contributed by atoms with Crippen LogP contribution in [0.4, 0.5) is 5.69 Å². The molecule has 2 aromatic carbocycles. The fourth-order valence-corrected chi connectivity index (χ4v) is 2.52. The van der Waals surface area contributed by atoms with Gasteiger partial charge in [-0.2, -0.15) is 0 Å².